The number of halogens is 1. The number of hydrogen-bond donors (Lipinski definition) is 3. The molecule has 2 rings (SSSR count). The molecule has 0 saturated heterocycles. The van der Waals surface area contributed by atoms with Crippen LogP contribution in [0.15, 0.2) is 53.0 Å². The first-order valence-electron chi connectivity index (χ1n) is 7.85. The highest BCUT2D eigenvalue weighted by Gasteiger charge is 2.07. The predicted molar refractivity (Wildman–Crippen MR) is 108 cm³/mol. The van der Waals surface area contributed by atoms with E-state index >= 15 is 0 Å². The van der Waals surface area contributed by atoms with Crippen molar-refractivity contribution in [2.24, 2.45) is 0 Å². The molecule has 0 aliphatic heterocycles. The van der Waals surface area contributed by atoms with Gasteiger partial charge in [-0.3, -0.25) is 15.6 Å². The van der Waals surface area contributed by atoms with Gasteiger partial charge in [-0.05, 0) is 61.1 Å². The summed E-state index contributed by atoms with van der Waals surface area (Å²) in [6.07, 6.45) is 0.233. The Kier molecular flexibility index (Phi) is 7.55. The maximum Gasteiger partial charge on any atom is 0.338 e. The highest BCUT2D eigenvalue weighted by Crippen LogP contribution is 2.11. The third-order valence-electron chi connectivity index (χ3n) is 3.25. The molecule has 0 atom stereocenters. The second kappa shape index (κ2) is 9.88. The largest absolute Gasteiger partial charge is 0.462 e. The predicted octanol–water partition coefficient (Wildman–Crippen LogP) is 3.19. The van der Waals surface area contributed by atoms with Crippen molar-refractivity contribution in [1.82, 2.24) is 10.9 Å². The summed E-state index contributed by atoms with van der Waals surface area (Å²) in [5.74, 6) is -0.589. The first-order valence-corrected chi connectivity index (χ1v) is 9.05. The van der Waals surface area contributed by atoms with Crippen LogP contribution in [0, 0.1) is 0 Å². The van der Waals surface area contributed by atoms with E-state index in [2.05, 4.69) is 32.1 Å². The highest BCUT2D eigenvalue weighted by molar-refractivity contribution is 9.10. The smallest absolute Gasteiger partial charge is 0.338 e. The lowest BCUT2D eigenvalue weighted by Crippen LogP contribution is -2.44. The number of hydrogen-bond acceptors (Lipinski definition) is 4. The first kappa shape index (κ1) is 19.9. The molecule has 3 N–H and O–H groups in total. The van der Waals surface area contributed by atoms with Gasteiger partial charge in [-0.2, -0.15) is 0 Å². The first-order chi connectivity index (χ1) is 12.5. The molecule has 1 amide bonds. The molecule has 0 radical (unpaired) electrons. The molecule has 0 aliphatic carbocycles. The maximum absolute atomic E-state index is 11.9. The molecule has 26 heavy (non-hydrogen) atoms. The number of hydrazine groups is 1. The molecule has 2 aromatic carbocycles. The number of nitrogens with one attached hydrogen (secondary N) is 3. The Hall–Kier alpha value is -2.45. The van der Waals surface area contributed by atoms with E-state index in [-0.39, 0.29) is 23.4 Å². The lowest BCUT2D eigenvalue weighted by molar-refractivity contribution is -0.121. The fraction of sp³-hybridized carbons (Fsp3) is 0.167. The number of esters is 1. The van der Waals surface area contributed by atoms with Gasteiger partial charge in [-0.1, -0.05) is 28.1 Å². The molecule has 0 heterocycles. The number of carbonyl (C=O) groups excluding carboxylic acids is 2. The van der Waals surface area contributed by atoms with E-state index in [1.807, 2.05) is 24.3 Å². The molecule has 0 aliphatic rings. The van der Waals surface area contributed by atoms with E-state index in [9.17, 15) is 9.59 Å². The van der Waals surface area contributed by atoms with Gasteiger partial charge >= 0.3 is 5.97 Å². The Morgan fingerprint density at radius 3 is 2.31 bits per heavy atom. The molecule has 0 saturated carbocycles. The summed E-state index contributed by atoms with van der Waals surface area (Å²) in [5, 5.41) is 3.15. The van der Waals surface area contributed by atoms with Gasteiger partial charge in [0.2, 0.25) is 5.91 Å². The molecular weight excluding hydrogens is 418 g/mol. The van der Waals surface area contributed by atoms with Crippen molar-refractivity contribution >= 4 is 50.8 Å². The Morgan fingerprint density at radius 2 is 1.69 bits per heavy atom. The van der Waals surface area contributed by atoms with Crippen molar-refractivity contribution in [2.45, 2.75) is 13.3 Å². The molecule has 136 valence electrons. The fourth-order valence-electron chi connectivity index (χ4n) is 2.02. The van der Waals surface area contributed by atoms with Gasteiger partial charge in [-0.15, -0.1) is 0 Å². The van der Waals surface area contributed by atoms with Crippen LogP contribution in [-0.2, 0) is 16.0 Å². The van der Waals surface area contributed by atoms with Crippen LogP contribution in [0.5, 0.6) is 0 Å². The van der Waals surface area contributed by atoms with Crippen LogP contribution in [0.4, 0.5) is 5.69 Å². The summed E-state index contributed by atoms with van der Waals surface area (Å²) >= 11 is 8.48. The average Bonchev–Trinajstić information content (AvgIpc) is 2.63. The van der Waals surface area contributed by atoms with E-state index in [1.54, 1.807) is 31.2 Å². The summed E-state index contributed by atoms with van der Waals surface area (Å²) in [4.78, 5) is 23.5. The molecule has 0 bridgehead atoms. The van der Waals surface area contributed by atoms with Crippen LogP contribution in [0.3, 0.4) is 0 Å². The zero-order chi connectivity index (χ0) is 18.9. The molecule has 2 aromatic rings. The van der Waals surface area contributed by atoms with Gasteiger partial charge in [0.1, 0.15) is 0 Å². The molecule has 0 unspecified atom stereocenters. The zero-order valence-corrected chi connectivity index (χ0v) is 16.4. The minimum Gasteiger partial charge on any atom is -0.462 e. The quantitative estimate of drug-likeness (QED) is 0.380. The van der Waals surface area contributed by atoms with Crippen molar-refractivity contribution in [1.29, 1.82) is 0 Å². The normalized spacial score (nSPS) is 9.92. The average molecular weight is 436 g/mol. The van der Waals surface area contributed by atoms with E-state index in [0.29, 0.717) is 17.9 Å². The summed E-state index contributed by atoms with van der Waals surface area (Å²) in [6.45, 7) is 2.08. The van der Waals surface area contributed by atoms with Gasteiger partial charge < -0.3 is 10.1 Å². The summed E-state index contributed by atoms with van der Waals surface area (Å²) < 4.78 is 5.88. The third-order valence-corrected chi connectivity index (χ3v) is 3.98. The second-order valence-electron chi connectivity index (χ2n) is 5.23. The van der Waals surface area contributed by atoms with Crippen LogP contribution >= 0.6 is 28.1 Å². The summed E-state index contributed by atoms with van der Waals surface area (Å²) in [5.41, 5.74) is 7.20. The summed E-state index contributed by atoms with van der Waals surface area (Å²) in [7, 11) is 0. The summed E-state index contributed by atoms with van der Waals surface area (Å²) in [6, 6.07) is 14.2. The number of ether oxygens (including phenoxy) is 1. The molecular formula is C18H18BrN3O3S. The van der Waals surface area contributed by atoms with Crippen LogP contribution in [-0.4, -0.2) is 23.6 Å². The van der Waals surface area contributed by atoms with E-state index in [0.717, 1.165) is 10.0 Å². The number of rotatable bonds is 5. The van der Waals surface area contributed by atoms with Gasteiger partial charge in [0.15, 0.2) is 5.11 Å². The third kappa shape index (κ3) is 6.45. The van der Waals surface area contributed by atoms with Crippen LogP contribution in [0.1, 0.15) is 22.8 Å². The monoisotopic (exact) mass is 435 g/mol. The molecule has 6 nitrogen and oxygen atoms in total. The van der Waals surface area contributed by atoms with Crippen LogP contribution in [0.25, 0.3) is 0 Å². The van der Waals surface area contributed by atoms with Crippen LogP contribution in [0.2, 0.25) is 0 Å². The number of carbonyl (C=O) groups is 2. The molecule has 0 aromatic heterocycles. The van der Waals surface area contributed by atoms with Gasteiger partial charge in [0.25, 0.3) is 0 Å². The topological polar surface area (TPSA) is 79.5 Å². The highest BCUT2D eigenvalue weighted by atomic mass is 79.9. The standard InChI is InChI=1S/C18H18BrN3O3S/c1-2-25-17(24)13-5-9-15(10-6-13)20-18(26)22-21-16(23)11-12-3-7-14(19)8-4-12/h3-10H,2,11H2,1H3,(H,21,23)(H2,20,22,26). The number of thiocarbonyl (C=S) groups is 1. The Morgan fingerprint density at radius 1 is 1.04 bits per heavy atom. The van der Waals surface area contributed by atoms with Gasteiger partial charge in [0.05, 0.1) is 18.6 Å². The lowest BCUT2D eigenvalue weighted by Gasteiger charge is -2.12. The van der Waals surface area contributed by atoms with Crippen LogP contribution < -0.4 is 16.2 Å². The van der Waals surface area contributed by atoms with E-state index in [4.69, 9.17) is 17.0 Å². The Labute approximate surface area is 165 Å². The van der Waals surface area contributed by atoms with Crippen molar-refractivity contribution in [3.05, 3.63) is 64.1 Å². The lowest BCUT2D eigenvalue weighted by atomic mass is 10.1. The minimum atomic E-state index is -0.375. The Bertz CT molecular complexity index is 779. The molecule has 8 heteroatoms. The van der Waals surface area contributed by atoms with E-state index < -0.39 is 0 Å². The minimum absolute atomic E-state index is 0.214. The number of anilines is 1. The SMILES string of the molecule is CCOC(=O)c1ccc(NC(=S)NNC(=O)Cc2ccc(Br)cc2)cc1. The van der Waals surface area contributed by atoms with Crippen molar-refractivity contribution in [3.63, 3.8) is 0 Å². The number of amides is 1. The van der Waals surface area contributed by atoms with Crippen molar-refractivity contribution < 1.29 is 14.3 Å². The number of benzene rings is 2. The van der Waals surface area contributed by atoms with E-state index in [1.165, 1.54) is 0 Å². The van der Waals surface area contributed by atoms with Crippen molar-refractivity contribution in [2.75, 3.05) is 11.9 Å². The zero-order valence-electron chi connectivity index (χ0n) is 14.0. The van der Waals surface area contributed by atoms with Crippen molar-refractivity contribution in [3.8, 4) is 0 Å². The van der Waals surface area contributed by atoms with Gasteiger partial charge in [-0.25, -0.2) is 4.79 Å². The second-order valence-corrected chi connectivity index (χ2v) is 6.55. The molecule has 0 spiro atoms. The fourth-order valence-corrected chi connectivity index (χ4v) is 2.46. The Balaban J connectivity index is 1.78. The maximum atomic E-state index is 11.9. The molecule has 0 fully saturated rings. The van der Waals surface area contributed by atoms with Gasteiger partial charge in [0, 0.05) is 10.2 Å².